The summed E-state index contributed by atoms with van der Waals surface area (Å²) in [6.07, 6.45) is 3.70. The van der Waals surface area contributed by atoms with Crippen LogP contribution in [0.3, 0.4) is 0 Å². The molecule has 3 rings (SSSR count). The first-order valence-corrected chi connectivity index (χ1v) is 6.95. The van der Waals surface area contributed by atoms with E-state index in [1.807, 2.05) is 0 Å². The largest absolute Gasteiger partial charge is 0.493 e. The Bertz CT molecular complexity index is 705. The molecule has 0 spiro atoms. The summed E-state index contributed by atoms with van der Waals surface area (Å²) in [6, 6.07) is 3.39. The van der Waals surface area contributed by atoms with Gasteiger partial charge in [-0.2, -0.15) is 0 Å². The molecule has 6 heteroatoms. The number of hydrogen-bond acceptors (Lipinski definition) is 5. The van der Waals surface area contributed by atoms with Crippen molar-refractivity contribution in [1.82, 2.24) is 9.55 Å². The van der Waals surface area contributed by atoms with Crippen LogP contribution in [0.25, 0.3) is 10.9 Å². The molecule has 0 N–H and O–H groups in total. The normalized spacial score (nSPS) is 18.1. The summed E-state index contributed by atoms with van der Waals surface area (Å²) >= 11 is 0. The lowest BCUT2D eigenvalue weighted by Gasteiger charge is -2.13. The Morgan fingerprint density at radius 1 is 1.33 bits per heavy atom. The van der Waals surface area contributed by atoms with Gasteiger partial charge in [-0.3, -0.25) is 9.36 Å². The van der Waals surface area contributed by atoms with E-state index >= 15 is 0 Å². The van der Waals surface area contributed by atoms with Crippen LogP contribution in [-0.4, -0.2) is 36.5 Å². The molecule has 0 saturated carbocycles. The van der Waals surface area contributed by atoms with Crippen molar-refractivity contribution in [3.8, 4) is 11.5 Å². The minimum absolute atomic E-state index is 0.0866. The fraction of sp³-hybridized carbons (Fsp3) is 0.467. The van der Waals surface area contributed by atoms with Gasteiger partial charge in [0.25, 0.3) is 5.56 Å². The minimum atomic E-state index is -0.0866. The Balaban J connectivity index is 2.04. The Hall–Kier alpha value is -2.08. The van der Waals surface area contributed by atoms with Crippen LogP contribution >= 0.6 is 0 Å². The lowest BCUT2D eigenvalue weighted by atomic mass is 10.2. The highest BCUT2D eigenvalue weighted by Gasteiger charge is 2.18. The molecular formula is C15H18N2O4. The monoisotopic (exact) mass is 290 g/mol. The third-order valence-electron chi connectivity index (χ3n) is 3.75. The van der Waals surface area contributed by atoms with E-state index in [0.29, 0.717) is 28.9 Å². The first-order chi connectivity index (χ1) is 10.2. The van der Waals surface area contributed by atoms with Crippen LogP contribution < -0.4 is 15.0 Å². The van der Waals surface area contributed by atoms with Crippen LogP contribution in [0.5, 0.6) is 11.5 Å². The lowest BCUT2D eigenvalue weighted by Crippen LogP contribution is -2.26. The van der Waals surface area contributed by atoms with Gasteiger partial charge in [-0.15, -0.1) is 0 Å². The highest BCUT2D eigenvalue weighted by molar-refractivity contribution is 5.81. The standard InChI is InChI=1S/C15H18N2O4/c1-19-13-6-11-12(7-14(13)20-2)16-9-17(15(11)18)8-10-4-3-5-21-10/h6-7,9-10H,3-5,8H2,1-2H3/t10-/m0/s1. The fourth-order valence-corrected chi connectivity index (χ4v) is 2.62. The number of ether oxygens (including phenoxy) is 3. The SMILES string of the molecule is COc1cc2ncn(C[C@@H]3CCCO3)c(=O)c2cc1OC. The number of methoxy groups -OCH3 is 2. The third-order valence-corrected chi connectivity index (χ3v) is 3.75. The second-order valence-corrected chi connectivity index (χ2v) is 5.06. The van der Waals surface area contributed by atoms with Gasteiger partial charge in [0.05, 0.1) is 44.1 Å². The van der Waals surface area contributed by atoms with Crippen LogP contribution in [0.15, 0.2) is 23.3 Å². The number of hydrogen-bond donors (Lipinski definition) is 0. The van der Waals surface area contributed by atoms with E-state index in [1.165, 1.54) is 0 Å². The van der Waals surface area contributed by atoms with Gasteiger partial charge < -0.3 is 14.2 Å². The molecule has 0 bridgehead atoms. The van der Waals surface area contributed by atoms with E-state index in [9.17, 15) is 4.79 Å². The van der Waals surface area contributed by atoms with Gasteiger partial charge in [0.2, 0.25) is 0 Å². The van der Waals surface area contributed by atoms with Crippen LogP contribution in [0.2, 0.25) is 0 Å². The first-order valence-electron chi connectivity index (χ1n) is 6.95. The topological polar surface area (TPSA) is 62.6 Å². The summed E-state index contributed by atoms with van der Waals surface area (Å²) in [5.41, 5.74) is 0.512. The third kappa shape index (κ3) is 2.58. The summed E-state index contributed by atoms with van der Waals surface area (Å²) in [5, 5.41) is 0.521. The van der Waals surface area contributed by atoms with Crippen LogP contribution in [-0.2, 0) is 11.3 Å². The Morgan fingerprint density at radius 2 is 2.10 bits per heavy atom. The lowest BCUT2D eigenvalue weighted by molar-refractivity contribution is 0.0960. The maximum atomic E-state index is 12.6. The maximum absolute atomic E-state index is 12.6. The van der Waals surface area contributed by atoms with Gasteiger partial charge in [-0.1, -0.05) is 0 Å². The van der Waals surface area contributed by atoms with E-state index in [0.717, 1.165) is 19.4 Å². The smallest absolute Gasteiger partial charge is 0.261 e. The van der Waals surface area contributed by atoms with Crippen LogP contribution in [0.1, 0.15) is 12.8 Å². The molecule has 0 radical (unpaired) electrons. The van der Waals surface area contributed by atoms with Crippen molar-refractivity contribution in [3.05, 3.63) is 28.8 Å². The summed E-state index contributed by atoms with van der Waals surface area (Å²) < 4.78 is 17.6. The summed E-state index contributed by atoms with van der Waals surface area (Å²) in [4.78, 5) is 16.9. The molecule has 6 nitrogen and oxygen atoms in total. The number of fused-ring (bicyclic) bond motifs is 1. The van der Waals surface area contributed by atoms with Crippen LogP contribution in [0.4, 0.5) is 0 Å². The van der Waals surface area contributed by atoms with Gasteiger partial charge >= 0.3 is 0 Å². The number of rotatable bonds is 4. The molecule has 1 aromatic carbocycles. The fourth-order valence-electron chi connectivity index (χ4n) is 2.62. The average molecular weight is 290 g/mol. The van der Waals surface area contributed by atoms with Crippen LogP contribution in [0, 0.1) is 0 Å². The van der Waals surface area contributed by atoms with Crippen molar-refractivity contribution in [2.24, 2.45) is 0 Å². The maximum Gasteiger partial charge on any atom is 0.261 e. The van der Waals surface area contributed by atoms with Crippen molar-refractivity contribution in [2.75, 3.05) is 20.8 Å². The van der Waals surface area contributed by atoms with E-state index in [2.05, 4.69) is 4.98 Å². The Morgan fingerprint density at radius 3 is 2.76 bits per heavy atom. The highest BCUT2D eigenvalue weighted by atomic mass is 16.5. The van der Waals surface area contributed by atoms with Gasteiger partial charge in [0.1, 0.15) is 0 Å². The van der Waals surface area contributed by atoms with Gasteiger partial charge in [-0.25, -0.2) is 4.98 Å². The molecule has 1 saturated heterocycles. The molecule has 1 fully saturated rings. The van der Waals surface area contributed by atoms with Gasteiger partial charge in [0.15, 0.2) is 11.5 Å². The predicted molar refractivity (Wildman–Crippen MR) is 78.1 cm³/mol. The number of nitrogens with zero attached hydrogens (tertiary/aromatic N) is 2. The molecule has 1 aliphatic heterocycles. The van der Waals surface area contributed by atoms with Crippen molar-refractivity contribution in [3.63, 3.8) is 0 Å². The molecular weight excluding hydrogens is 272 g/mol. The summed E-state index contributed by atoms with van der Waals surface area (Å²) in [6.45, 7) is 1.31. The Labute approximate surface area is 122 Å². The van der Waals surface area contributed by atoms with E-state index in [-0.39, 0.29) is 11.7 Å². The van der Waals surface area contributed by atoms with E-state index in [4.69, 9.17) is 14.2 Å². The second-order valence-electron chi connectivity index (χ2n) is 5.06. The minimum Gasteiger partial charge on any atom is -0.493 e. The number of aromatic nitrogens is 2. The molecule has 112 valence electrons. The zero-order chi connectivity index (χ0) is 14.8. The van der Waals surface area contributed by atoms with E-state index in [1.54, 1.807) is 37.2 Å². The molecule has 1 aromatic heterocycles. The van der Waals surface area contributed by atoms with Crippen molar-refractivity contribution >= 4 is 10.9 Å². The van der Waals surface area contributed by atoms with Crippen molar-refractivity contribution < 1.29 is 14.2 Å². The molecule has 2 heterocycles. The highest BCUT2D eigenvalue weighted by Crippen LogP contribution is 2.29. The first kappa shape index (κ1) is 13.9. The van der Waals surface area contributed by atoms with Gasteiger partial charge in [0, 0.05) is 12.7 Å². The molecule has 0 amide bonds. The quantitative estimate of drug-likeness (QED) is 0.855. The molecule has 0 aliphatic carbocycles. The summed E-state index contributed by atoms with van der Waals surface area (Å²) in [7, 11) is 3.10. The molecule has 21 heavy (non-hydrogen) atoms. The van der Waals surface area contributed by atoms with Gasteiger partial charge in [-0.05, 0) is 18.9 Å². The number of benzene rings is 1. The van der Waals surface area contributed by atoms with E-state index < -0.39 is 0 Å². The Kier molecular flexibility index (Phi) is 3.79. The molecule has 1 atom stereocenters. The molecule has 0 unspecified atom stereocenters. The van der Waals surface area contributed by atoms with Crippen molar-refractivity contribution in [1.29, 1.82) is 0 Å². The zero-order valence-electron chi connectivity index (χ0n) is 12.2. The average Bonchev–Trinajstić information content (AvgIpc) is 3.02. The molecule has 2 aromatic rings. The zero-order valence-corrected chi connectivity index (χ0v) is 12.2. The predicted octanol–water partition coefficient (Wildman–Crippen LogP) is 1.59. The second kappa shape index (κ2) is 5.73. The molecule has 1 aliphatic rings. The van der Waals surface area contributed by atoms with Crippen molar-refractivity contribution in [2.45, 2.75) is 25.5 Å². The summed E-state index contributed by atoms with van der Waals surface area (Å²) in [5.74, 6) is 1.09.